The molecular weight excluding hydrogens is 402 g/mol. The molecule has 1 saturated heterocycles. The van der Waals surface area contributed by atoms with E-state index in [0.29, 0.717) is 24.3 Å². The number of anilines is 1. The number of piperidine rings is 1. The summed E-state index contributed by atoms with van der Waals surface area (Å²) in [5.41, 5.74) is 4.35. The third kappa shape index (κ3) is 3.92. The average Bonchev–Trinajstić information content (AvgIpc) is 3.10. The molecule has 1 aromatic heterocycles. The minimum absolute atomic E-state index is 0.109. The van der Waals surface area contributed by atoms with E-state index in [4.69, 9.17) is 4.74 Å². The van der Waals surface area contributed by atoms with Crippen LogP contribution in [0.15, 0.2) is 71.7 Å². The monoisotopic (exact) mass is 431 g/mol. The number of ether oxygens (including phenoxy) is 1. The molecule has 2 aromatic carbocycles. The second-order valence-electron chi connectivity index (χ2n) is 8.69. The number of likely N-dealkylation sites (N-methyl/N-ethyl adjacent to an activating group) is 1. The van der Waals surface area contributed by atoms with Gasteiger partial charge in [0.25, 0.3) is 5.56 Å². The molecule has 0 bridgehead atoms. The molecule has 166 valence electrons. The van der Waals surface area contributed by atoms with Crippen LogP contribution in [0.1, 0.15) is 23.5 Å². The summed E-state index contributed by atoms with van der Waals surface area (Å²) in [6, 6.07) is 20.1. The SMILES string of the molecule is CN1c2cc(-n3ccc(OCc4ccccc4)cc3=O)ccc2C2CN(CCO)CCC21. The molecule has 2 unspecified atom stereocenters. The zero-order valence-corrected chi connectivity index (χ0v) is 18.4. The van der Waals surface area contributed by atoms with Crippen LogP contribution in [0.4, 0.5) is 5.69 Å². The van der Waals surface area contributed by atoms with Gasteiger partial charge in [-0.05, 0) is 35.7 Å². The van der Waals surface area contributed by atoms with Gasteiger partial charge in [-0.1, -0.05) is 36.4 Å². The van der Waals surface area contributed by atoms with E-state index in [-0.39, 0.29) is 12.2 Å². The molecule has 2 aliphatic rings. The molecule has 0 spiro atoms. The van der Waals surface area contributed by atoms with E-state index in [1.54, 1.807) is 16.8 Å². The van der Waals surface area contributed by atoms with Crippen LogP contribution in [0, 0.1) is 0 Å². The van der Waals surface area contributed by atoms with Crippen LogP contribution in [-0.2, 0) is 6.61 Å². The van der Waals surface area contributed by atoms with Gasteiger partial charge in [-0.3, -0.25) is 9.36 Å². The molecule has 2 aliphatic heterocycles. The van der Waals surface area contributed by atoms with Crippen molar-refractivity contribution in [1.29, 1.82) is 0 Å². The van der Waals surface area contributed by atoms with Gasteiger partial charge in [-0.25, -0.2) is 0 Å². The van der Waals surface area contributed by atoms with Crippen molar-refractivity contribution in [2.24, 2.45) is 0 Å². The van der Waals surface area contributed by atoms with Crippen LogP contribution in [0.25, 0.3) is 5.69 Å². The average molecular weight is 432 g/mol. The molecule has 0 amide bonds. The molecule has 3 aromatic rings. The highest BCUT2D eigenvalue weighted by Crippen LogP contribution is 2.44. The quantitative estimate of drug-likeness (QED) is 0.650. The van der Waals surface area contributed by atoms with Gasteiger partial charge in [0.2, 0.25) is 0 Å². The highest BCUT2D eigenvalue weighted by atomic mass is 16.5. The number of hydrogen-bond acceptors (Lipinski definition) is 5. The Morgan fingerprint density at radius 1 is 1.09 bits per heavy atom. The molecule has 0 aliphatic carbocycles. The lowest BCUT2D eigenvalue weighted by molar-refractivity contribution is 0.154. The normalized spacial score (nSPS) is 20.1. The molecule has 3 heterocycles. The van der Waals surface area contributed by atoms with E-state index >= 15 is 0 Å². The van der Waals surface area contributed by atoms with Crippen molar-refractivity contribution in [2.45, 2.75) is 25.0 Å². The molecular formula is C26H29N3O3. The summed E-state index contributed by atoms with van der Waals surface area (Å²) in [5, 5.41) is 9.31. The summed E-state index contributed by atoms with van der Waals surface area (Å²) < 4.78 is 7.48. The maximum atomic E-state index is 12.8. The number of β-amino-alcohol motifs (C(OH)–C–C–N with tert-alkyl or cyclic N) is 1. The summed E-state index contributed by atoms with van der Waals surface area (Å²) in [4.78, 5) is 17.5. The number of aromatic nitrogens is 1. The first kappa shape index (κ1) is 20.8. The molecule has 1 N–H and O–H groups in total. The van der Waals surface area contributed by atoms with Gasteiger partial charge in [0.05, 0.1) is 12.3 Å². The third-order valence-electron chi connectivity index (χ3n) is 6.79. The van der Waals surface area contributed by atoms with Gasteiger partial charge in [-0.15, -0.1) is 0 Å². The van der Waals surface area contributed by atoms with Crippen molar-refractivity contribution in [2.75, 3.05) is 38.2 Å². The summed E-state index contributed by atoms with van der Waals surface area (Å²) in [6.45, 7) is 3.34. The van der Waals surface area contributed by atoms with Gasteiger partial charge < -0.3 is 19.6 Å². The van der Waals surface area contributed by atoms with Gasteiger partial charge in [-0.2, -0.15) is 0 Å². The van der Waals surface area contributed by atoms with Crippen LogP contribution in [0.2, 0.25) is 0 Å². The topological polar surface area (TPSA) is 57.9 Å². The number of pyridine rings is 1. The van der Waals surface area contributed by atoms with Crippen LogP contribution in [0.5, 0.6) is 5.75 Å². The van der Waals surface area contributed by atoms with Gasteiger partial charge in [0, 0.05) is 56.6 Å². The first-order valence-corrected chi connectivity index (χ1v) is 11.2. The smallest absolute Gasteiger partial charge is 0.258 e. The van der Waals surface area contributed by atoms with Crippen LogP contribution < -0.4 is 15.2 Å². The van der Waals surface area contributed by atoms with E-state index in [2.05, 4.69) is 29.0 Å². The summed E-state index contributed by atoms with van der Waals surface area (Å²) >= 11 is 0. The predicted molar refractivity (Wildman–Crippen MR) is 126 cm³/mol. The van der Waals surface area contributed by atoms with Gasteiger partial charge in [0.1, 0.15) is 12.4 Å². The Morgan fingerprint density at radius 2 is 1.94 bits per heavy atom. The Morgan fingerprint density at radius 3 is 2.72 bits per heavy atom. The molecule has 2 atom stereocenters. The Bertz CT molecular complexity index is 1140. The molecule has 0 saturated carbocycles. The lowest BCUT2D eigenvalue weighted by Gasteiger charge is -2.37. The largest absolute Gasteiger partial charge is 0.489 e. The fraction of sp³-hybridized carbons (Fsp3) is 0.346. The van der Waals surface area contributed by atoms with Gasteiger partial charge in [0.15, 0.2) is 0 Å². The number of aliphatic hydroxyl groups excluding tert-OH is 1. The first-order chi connectivity index (χ1) is 15.6. The Kier molecular flexibility index (Phi) is 5.72. The lowest BCUT2D eigenvalue weighted by Crippen LogP contribution is -2.45. The van der Waals surface area contributed by atoms with Crippen molar-refractivity contribution >= 4 is 5.69 Å². The number of likely N-dealkylation sites (tertiary alicyclic amines) is 1. The van der Waals surface area contributed by atoms with Crippen LogP contribution >= 0.6 is 0 Å². The first-order valence-electron chi connectivity index (χ1n) is 11.2. The van der Waals surface area contributed by atoms with Crippen molar-refractivity contribution in [3.05, 3.63) is 88.3 Å². The van der Waals surface area contributed by atoms with Crippen molar-refractivity contribution in [1.82, 2.24) is 9.47 Å². The summed E-state index contributed by atoms with van der Waals surface area (Å²) in [5.74, 6) is 1.01. The van der Waals surface area contributed by atoms with E-state index in [1.807, 2.05) is 42.5 Å². The van der Waals surface area contributed by atoms with Crippen LogP contribution in [-0.4, -0.2) is 53.9 Å². The second-order valence-corrected chi connectivity index (χ2v) is 8.69. The number of fused-ring (bicyclic) bond motifs is 3. The highest BCUT2D eigenvalue weighted by Gasteiger charge is 2.40. The van der Waals surface area contributed by atoms with Gasteiger partial charge >= 0.3 is 0 Å². The predicted octanol–water partition coefficient (Wildman–Crippen LogP) is 3.02. The number of hydrogen-bond donors (Lipinski definition) is 1. The minimum atomic E-state index is -0.109. The van der Waals surface area contributed by atoms with E-state index in [9.17, 15) is 9.90 Å². The molecule has 6 heteroatoms. The molecule has 32 heavy (non-hydrogen) atoms. The number of rotatable bonds is 6. The van der Waals surface area contributed by atoms with E-state index < -0.39 is 0 Å². The fourth-order valence-electron chi connectivity index (χ4n) is 5.11. The third-order valence-corrected chi connectivity index (χ3v) is 6.79. The van der Waals surface area contributed by atoms with Crippen molar-refractivity contribution < 1.29 is 9.84 Å². The molecule has 1 fully saturated rings. The molecule has 6 nitrogen and oxygen atoms in total. The van der Waals surface area contributed by atoms with Crippen LogP contribution in [0.3, 0.4) is 0 Å². The van der Waals surface area contributed by atoms with E-state index in [0.717, 1.165) is 37.3 Å². The van der Waals surface area contributed by atoms with Crippen molar-refractivity contribution in [3.8, 4) is 11.4 Å². The number of benzene rings is 2. The standard InChI is InChI=1S/C26H29N3O3/c1-27-24-10-11-28(13-14-30)17-23(24)22-8-7-20(15-25(22)27)29-12-9-21(16-26(29)31)32-18-19-5-3-2-4-6-19/h2-9,12,15-16,23-24,30H,10-11,13-14,17-18H2,1H3. The van der Waals surface area contributed by atoms with Crippen molar-refractivity contribution in [3.63, 3.8) is 0 Å². The Labute approximate surface area is 188 Å². The molecule has 0 radical (unpaired) electrons. The van der Waals surface area contributed by atoms with E-state index in [1.165, 1.54) is 11.3 Å². The lowest BCUT2D eigenvalue weighted by atomic mass is 9.89. The Balaban J connectivity index is 1.36. The second kappa shape index (κ2) is 8.81. The zero-order valence-electron chi connectivity index (χ0n) is 18.4. The number of aliphatic hydroxyl groups is 1. The minimum Gasteiger partial charge on any atom is -0.489 e. The molecule has 5 rings (SSSR count). The summed E-state index contributed by atoms with van der Waals surface area (Å²) in [7, 11) is 2.15. The maximum absolute atomic E-state index is 12.8. The Hall–Kier alpha value is -3.09. The summed E-state index contributed by atoms with van der Waals surface area (Å²) in [6.07, 6.45) is 2.87. The maximum Gasteiger partial charge on any atom is 0.258 e. The zero-order chi connectivity index (χ0) is 22.1. The number of nitrogens with zero attached hydrogens (tertiary/aromatic N) is 3. The fourth-order valence-corrected chi connectivity index (χ4v) is 5.11. The highest BCUT2D eigenvalue weighted by molar-refractivity contribution is 5.65.